The van der Waals surface area contributed by atoms with Crippen LogP contribution < -0.4 is 10.5 Å². The van der Waals surface area contributed by atoms with E-state index in [1.807, 2.05) is 18.2 Å². The molecule has 28 heavy (non-hydrogen) atoms. The second kappa shape index (κ2) is 9.57. The molecule has 4 nitrogen and oxygen atoms in total. The Hall–Kier alpha value is -1.85. The van der Waals surface area contributed by atoms with Gasteiger partial charge < -0.3 is 15.4 Å². The highest BCUT2D eigenvalue weighted by Crippen LogP contribution is 2.29. The van der Waals surface area contributed by atoms with E-state index in [1.54, 1.807) is 13.2 Å². The summed E-state index contributed by atoms with van der Waals surface area (Å²) in [5.74, 6) is 1.26. The molecule has 0 aliphatic carbocycles. The summed E-state index contributed by atoms with van der Waals surface area (Å²) in [5.41, 5.74) is 8.49. The molecule has 0 saturated carbocycles. The number of amides is 1. The molecule has 2 aromatic carbocycles. The third kappa shape index (κ3) is 5.36. The van der Waals surface area contributed by atoms with Gasteiger partial charge in [0, 0.05) is 16.1 Å². The summed E-state index contributed by atoms with van der Waals surface area (Å²) in [5, 5.41) is 0. The van der Waals surface area contributed by atoms with E-state index in [2.05, 4.69) is 46.0 Å². The smallest absolute Gasteiger partial charge is 0.248 e. The molecule has 150 valence electrons. The largest absolute Gasteiger partial charge is 0.497 e. The topological polar surface area (TPSA) is 55.6 Å². The molecule has 1 aliphatic rings. The van der Waals surface area contributed by atoms with Crippen LogP contribution in [0.4, 0.5) is 0 Å². The third-order valence-corrected chi connectivity index (χ3v) is 6.55. The number of hydrogen-bond donors (Lipinski definition) is 1. The number of carbonyl (C=O) groups is 1. The van der Waals surface area contributed by atoms with Crippen molar-refractivity contribution in [1.82, 2.24) is 4.90 Å². The molecule has 1 atom stereocenters. The van der Waals surface area contributed by atoms with Crippen LogP contribution in [0.5, 0.6) is 5.75 Å². The zero-order valence-electron chi connectivity index (χ0n) is 16.7. The zero-order valence-corrected chi connectivity index (χ0v) is 18.2. The molecule has 0 spiro atoms. The maximum atomic E-state index is 11.4. The lowest BCUT2D eigenvalue weighted by Gasteiger charge is -2.36. The Labute approximate surface area is 176 Å². The summed E-state index contributed by atoms with van der Waals surface area (Å²) in [6.07, 6.45) is 4.43. The minimum atomic E-state index is -0.362. The second-order valence-electron chi connectivity index (χ2n) is 7.76. The molecule has 2 N–H and O–H groups in total. The highest BCUT2D eigenvalue weighted by Gasteiger charge is 2.23. The molecule has 5 heteroatoms. The first kappa shape index (κ1) is 20.9. The molecule has 0 bridgehead atoms. The zero-order chi connectivity index (χ0) is 20.1. The van der Waals surface area contributed by atoms with Gasteiger partial charge in [0.2, 0.25) is 5.91 Å². The molecule has 0 aromatic heterocycles. The number of halogens is 1. The van der Waals surface area contributed by atoms with E-state index >= 15 is 0 Å². The number of nitrogens with two attached hydrogens (primary N) is 1. The van der Waals surface area contributed by atoms with Gasteiger partial charge in [-0.1, -0.05) is 28.1 Å². The van der Waals surface area contributed by atoms with Gasteiger partial charge >= 0.3 is 0 Å². The van der Waals surface area contributed by atoms with Gasteiger partial charge in [-0.3, -0.25) is 4.79 Å². The van der Waals surface area contributed by atoms with Crippen molar-refractivity contribution in [3.8, 4) is 5.75 Å². The fourth-order valence-corrected chi connectivity index (χ4v) is 4.47. The molecule has 1 saturated heterocycles. The van der Waals surface area contributed by atoms with Crippen LogP contribution >= 0.6 is 15.9 Å². The Balaban J connectivity index is 1.53. The lowest BCUT2D eigenvalue weighted by molar-refractivity contribution is 0.1000. The number of rotatable bonds is 7. The first-order chi connectivity index (χ1) is 13.5. The average molecular weight is 445 g/mol. The SMILES string of the molecule is COc1ccc(Br)c(CC2CCN(C(C)Cc3cccc(C(N)=O)c3)CC2)c1. The highest BCUT2D eigenvalue weighted by atomic mass is 79.9. The number of carbonyl (C=O) groups excluding carboxylic acids is 1. The lowest BCUT2D eigenvalue weighted by atomic mass is 9.89. The lowest BCUT2D eigenvalue weighted by Crippen LogP contribution is -2.41. The predicted molar refractivity (Wildman–Crippen MR) is 117 cm³/mol. The third-order valence-electron chi connectivity index (χ3n) is 5.78. The van der Waals surface area contributed by atoms with Crippen LogP contribution in [-0.2, 0) is 12.8 Å². The second-order valence-corrected chi connectivity index (χ2v) is 8.61. The van der Waals surface area contributed by atoms with Crippen LogP contribution in [0.25, 0.3) is 0 Å². The minimum Gasteiger partial charge on any atom is -0.497 e. The summed E-state index contributed by atoms with van der Waals surface area (Å²) in [4.78, 5) is 14.0. The van der Waals surface area contributed by atoms with E-state index in [0.717, 1.165) is 31.7 Å². The van der Waals surface area contributed by atoms with Gasteiger partial charge in [0.25, 0.3) is 0 Å². The van der Waals surface area contributed by atoms with Gasteiger partial charge in [0.1, 0.15) is 5.75 Å². The summed E-state index contributed by atoms with van der Waals surface area (Å²) in [7, 11) is 1.71. The predicted octanol–water partition coefficient (Wildman–Crippen LogP) is 4.44. The van der Waals surface area contributed by atoms with Crippen molar-refractivity contribution in [2.24, 2.45) is 11.7 Å². The molecule has 1 aliphatic heterocycles. The highest BCUT2D eigenvalue weighted by molar-refractivity contribution is 9.10. The molecule has 1 fully saturated rings. The van der Waals surface area contributed by atoms with Crippen molar-refractivity contribution >= 4 is 21.8 Å². The van der Waals surface area contributed by atoms with Gasteiger partial charge in [0.05, 0.1) is 7.11 Å². The van der Waals surface area contributed by atoms with Crippen molar-refractivity contribution in [1.29, 1.82) is 0 Å². The van der Waals surface area contributed by atoms with Gasteiger partial charge in [-0.25, -0.2) is 0 Å². The quantitative estimate of drug-likeness (QED) is 0.686. The van der Waals surface area contributed by atoms with E-state index in [1.165, 1.54) is 28.4 Å². The fourth-order valence-electron chi connectivity index (χ4n) is 4.07. The van der Waals surface area contributed by atoms with Crippen LogP contribution in [0.2, 0.25) is 0 Å². The van der Waals surface area contributed by atoms with E-state index in [9.17, 15) is 4.79 Å². The average Bonchev–Trinajstić information content (AvgIpc) is 2.70. The summed E-state index contributed by atoms with van der Waals surface area (Å²) in [6, 6.07) is 14.4. The Morgan fingerprint density at radius 2 is 2.00 bits per heavy atom. The van der Waals surface area contributed by atoms with Crippen LogP contribution in [0, 0.1) is 5.92 Å². The number of primary amides is 1. The normalized spacial score (nSPS) is 16.7. The fraction of sp³-hybridized carbons (Fsp3) is 0.435. The molecule has 1 heterocycles. The summed E-state index contributed by atoms with van der Waals surface area (Å²) < 4.78 is 6.53. The first-order valence-corrected chi connectivity index (χ1v) is 10.7. The van der Waals surface area contributed by atoms with E-state index in [4.69, 9.17) is 10.5 Å². The van der Waals surface area contributed by atoms with E-state index < -0.39 is 0 Å². The van der Waals surface area contributed by atoms with Crippen LogP contribution in [0.1, 0.15) is 41.3 Å². The molecular formula is C23H29BrN2O2. The van der Waals surface area contributed by atoms with E-state index in [-0.39, 0.29) is 5.91 Å². The number of piperidine rings is 1. The van der Waals surface area contributed by atoms with Crippen LogP contribution in [0.15, 0.2) is 46.9 Å². The molecule has 1 unspecified atom stereocenters. The van der Waals surface area contributed by atoms with Gasteiger partial charge in [0.15, 0.2) is 0 Å². The van der Waals surface area contributed by atoms with Crippen molar-refractivity contribution in [2.45, 2.75) is 38.6 Å². The Kier molecular flexibility index (Phi) is 7.13. The van der Waals surface area contributed by atoms with Crippen molar-refractivity contribution < 1.29 is 9.53 Å². The van der Waals surface area contributed by atoms with Crippen molar-refractivity contribution in [3.05, 3.63) is 63.6 Å². The van der Waals surface area contributed by atoms with E-state index in [0.29, 0.717) is 17.5 Å². The molecule has 1 amide bonds. The Bertz CT molecular complexity index is 816. The minimum absolute atomic E-state index is 0.362. The molecule has 3 rings (SSSR count). The molecular weight excluding hydrogens is 416 g/mol. The maximum Gasteiger partial charge on any atom is 0.248 e. The number of hydrogen-bond acceptors (Lipinski definition) is 3. The van der Waals surface area contributed by atoms with Crippen molar-refractivity contribution in [2.75, 3.05) is 20.2 Å². The Morgan fingerprint density at radius 1 is 1.25 bits per heavy atom. The standard InChI is InChI=1S/C23H29BrN2O2/c1-16(12-18-4-3-5-19(14-18)23(25)27)26-10-8-17(9-11-26)13-20-15-21(28-2)6-7-22(20)24/h3-7,14-17H,8-13H2,1-2H3,(H2,25,27). The maximum absolute atomic E-state index is 11.4. The summed E-state index contributed by atoms with van der Waals surface area (Å²) >= 11 is 3.68. The first-order valence-electron chi connectivity index (χ1n) is 9.91. The summed E-state index contributed by atoms with van der Waals surface area (Å²) in [6.45, 7) is 4.50. The monoisotopic (exact) mass is 444 g/mol. The molecule has 2 aromatic rings. The van der Waals surface area contributed by atoms with Crippen LogP contribution in [0.3, 0.4) is 0 Å². The number of ether oxygens (including phenoxy) is 1. The van der Waals surface area contributed by atoms with Gasteiger partial charge in [-0.05, 0) is 93.1 Å². The van der Waals surface area contributed by atoms with Gasteiger partial charge in [-0.15, -0.1) is 0 Å². The number of nitrogens with zero attached hydrogens (tertiary/aromatic N) is 1. The van der Waals surface area contributed by atoms with Gasteiger partial charge in [-0.2, -0.15) is 0 Å². The van der Waals surface area contributed by atoms with Crippen molar-refractivity contribution in [3.63, 3.8) is 0 Å². The molecule has 0 radical (unpaired) electrons. The number of benzene rings is 2. The number of methoxy groups -OCH3 is 1. The Morgan fingerprint density at radius 3 is 2.68 bits per heavy atom. The van der Waals surface area contributed by atoms with Crippen LogP contribution in [-0.4, -0.2) is 37.0 Å². The number of likely N-dealkylation sites (tertiary alicyclic amines) is 1.